The molecule has 0 aliphatic carbocycles. The molecule has 0 saturated carbocycles. The minimum atomic E-state index is -0.337. The van der Waals surface area contributed by atoms with Gasteiger partial charge in [0.2, 0.25) is 0 Å². The number of anilines is 3. The Morgan fingerprint density at radius 2 is 1.73 bits per heavy atom. The first-order valence-corrected chi connectivity index (χ1v) is 8.33. The number of methoxy groups -OCH3 is 1. The second kappa shape index (κ2) is 8.11. The lowest BCUT2D eigenvalue weighted by Crippen LogP contribution is -2.19. The van der Waals surface area contributed by atoms with E-state index in [0.717, 1.165) is 12.2 Å². The molecule has 0 saturated heterocycles. The molecule has 3 rings (SSSR count). The van der Waals surface area contributed by atoms with Crippen LogP contribution in [0.5, 0.6) is 5.75 Å². The fourth-order valence-corrected chi connectivity index (χ4v) is 2.61. The Balaban J connectivity index is 1.77. The lowest BCUT2D eigenvalue weighted by Gasteiger charge is -2.21. The summed E-state index contributed by atoms with van der Waals surface area (Å²) in [5, 5.41) is 11.1. The molecule has 0 unspecified atom stereocenters. The predicted octanol–water partition coefficient (Wildman–Crippen LogP) is 3.90. The van der Waals surface area contributed by atoms with Crippen LogP contribution in [0.1, 0.15) is 17.4 Å². The summed E-state index contributed by atoms with van der Waals surface area (Å²) < 4.78 is 5.24. The highest BCUT2D eigenvalue weighted by Crippen LogP contribution is 2.24. The van der Waals surface area contributed by atoms with Crippen molar-refractivity contribution in [2.45, 2.75) is 6.92 Å². The molecular formula is C20H20N4O2. The second-order valence-electron chi connectivity index (χ2n) is 5.51. The number of nitrogens with one attached hydrogen (secondary N) is 1. The fourth-order valence-electron chi connectivity index (χ4n) is 2.61. The molecule has 0 fully saturated rings. The van der Waals surface area contributed by atoms with Crippen LogP contribution in [0, 0.1) is 0 Å². The molecule has 0 aliphatic rings. The number of nitrogens with zero attached hydrogens (tertiary/aromatic N) is 3. The Morgan fingerprint density at radius 1 is 1.00 bits per heavy atom. The summed E-state index contributed by atoms with van der Waals surface area (Å²) in [4.78, 5) is 14.4. The van der Waals surface area contributed by atoms with Crippen molar-refractivity contribution >= 4 is 23.1 Å². The van der Waals surface area contributed by atoms with Crippen LogP contribution in [0.25, 0.3) is 0 Å². The van der Waals surface area contributed by atoms with Crippen LogP contribution in [-0.4, -0.2) is 29.8 Å². The zero-order valence-electron chi connectivity index (χ0n) is 14.7. The first kappa shape index (κ1) is 17.4. The van der Waals surface area contributed by atoms with Gasteiger partial charge in [0.05, 0.1) is 12.8 Å². The summed E-state index contributed by atoms with van der Waals surface area (Å²) >= 11 is 0. The van der Waals surface area contributed by atoms with Crippen LogP contribution in [0.3, 0.4) is 0 Å². The first-order chi connectivity index (χ1) is 12.7. The molecule has 1 heterocycles. The molecule has 1 N–H and O–H groups in total. The maximum atomic E-state index is 12.4. The average Bonchev–Trinajstić information content (AvgIpc) is 2.70. The van der Waals surface area contributed by atoms with Crippen molar-refractivity contribution in [3.8, 4) is 5.75 Å². The van der Waals surface area contributed by atoms with Crippen molar-refractivity contribution in [3.05, 3.63) is 72.4 Å². The molecule has 0 bridgehead atoms. The maximum absolute atomic E-state index is 12.4. The number of para-hydroxylation sites is 3. The van der Waals surface area contributed by atoms with Crippen molar-refractivity contribution in [1.82, 2.24) is 10.2 Å². The third kappa shape index (κ3) is 3.80. The van der Waals surface area contributed by atoms with Gasteiger partial charge in [-0.2, -0.15) is 0 Å². The highest BCUT2D eigenvalue weighted by molar-refractivity contribution is 6.03. The summed E-state index contributed by atoms with van der Waals surface area (Å²) in [7, 11) is 1.56. The summed E-state index contributed by atoms with van der Waals surface area (Å²) in [6.45, 7) is 2.78. The van der Waals surface area contributed by atoms with Crippen LogP contribution < -0.4 is 15.0 Å². The molecule has 2 aromatic carbocycles. The van der Waals surface area contributed by atoms with Crippen LogP contribution in [-0.2, 0) is 0 Å². The zero-order valence-corrected chi connectivity index (χ0v) is 14.7. The van der Waals surface area contributed by atoms with E-state index in [1.165, 1.54) is 0 Å². The number of aromatic nitrogens is 2. The molecule has 6 heteroatoms. The van der Waals surface area contributed by atoms with Crippen LogP contribution >= 0.6 is 0 Å². The molecular weight excluding hydrogens is 328 g/mol. The SMILES string of the molecule is CCN(c1ccccc1)c1ccc(C(=O)Nc2ccccc2OC)nn1. The Morgan fingerprint density at radius 3 is 2.38 bits per heavy atom. The van der Waals surface area contributed by atoms with Gasteiger partial charge in [-0.15, -0.1) is 10.2 Å². The van der Waals surface area contributed by atoms with E-state index in [0.29, 0.717) is 17.3 Å². The maximum Gasteiger partial charge on any atom is 0.276 e. The third-order valence-corrected chi connectivity index (χ3v) is 3.90. The van der Waals surface area contributed by atoms with E-state index in [1.807, 2.05) is 54.3 Å². The van der Waals surface area contributed by atoms with Crippen molar-refractivity contribution in [1.29, 1.82) is 0 Å². The van der Waals surface area contributed by atoms with Gasteiger partial charge in [-0.25, -0.2) is 0 Å². The topological polar surface area (TPSA) is 67.4 Å². The van der Waals surface area contributed by atoms with Gasteiger partial charge >= 0.3 is 0 Å². The zero-order chi connectivity index (χ0) is 18.4. The smallest absolute Gasteiger partial charge is 0.276 e. The summed E-state index contributed by atoms with van der Waals surface area (Å²) in [5.41, 5.74) is 1.85. The van der Waals surface area contributed by atoms with Crippen LogP contribution in [0.2, 0.25) is 0 Å². The molecule has 132 valence electrons. The van der Waals surface area contributed by atoms with E-state index in [4.69, 9.17) is 4.74 Å². The highest BCUT2D eigenvalue weighted by atomic mass is 16.5. The number of ether oxygens (including phenoxy) is 1. The normalized spacial score (nSPS) is 10.2. The summed E-state index contributed by atoms with van der Waals surface area (Å²) in [6, 6.07) is 20.6. The standard InChI is InChI=1S/C20H20N4O2/c1-3-24(15-9-5-4-6-10-15)19-14-13-17(22-23-19)20(25)21-16-11-7-8-12-18(16)26-2/h4-14H,3H2,1-2H3,(H,21,25). The Labute approximate surface area is 152 Å². The summed E-state index contributed by atoms with van der Waals surface area (Å²) in [5.74, 6) is 0.940. The van der Waals surface area contributed by atoms with Gasteiger partial charge in [0.1, 0.15) is 5.75 Å². The van der Waals surface area contributed by atoms with Crippen molar-refractivity contribution in [2.75, 3.05) is 23.9 Å². The number of rotatable bonds is 6. The average molecular weight is 348 g/mol. The van der Waals surface area contributed by atoms with Crippen LogP contribution in [0.4, 0.5) is 17.2 Å². The number of hydrogen-bond acceptors (Lipinski definition) is 5. The van der Waals surface area contributed by atoms with Gasteiger partial charge in [-0.1, -0.05) is 30.3 Å². The Hall–Kier alpha value is -3.41. The molecule has 26 heavy (non-hydrogen) atoms. The Bertz CT molecular complexity index is 866. The van der Waals surface area contributed by atoms with Crippen LogP contribution in [0.15, 0.2) is 66.7 Å². The molecule has 0 spiro atoms. The lowest BCUT2D eigenvalue weighted by atomic mass is 10.2. The number of amides is 1. The predicted molar refractivity (Wildman–Crippen MR) is 102 cm³/mol. The summed E-state index contributed by atoms with van der Waals surface area (Å²) in [6.07, 6.45) is 0. The van der Waals surface area contributed by atoms with E-state index in [2.05, 4.69) is 15.5 Å². The molecule has 1 amide bonds. The lowest BCUT2D eigenvalue weighted by molar-refractivity contribution is 0.102. The molecule has 6 nitrogen and oxygen atoms in total. The van der Waals surface area contributed by atoms with E-state index < -0.39 is 0 Å². The first-order valence-electron chi connectivity index (χ1n) is 8.33. The third-order valence-electron chi connectivity index (χ3n) is 3.90. The van der Waals surface area contributed by atoms with Gasteiger partial charge in [0.25, 0.3) is 5.91 Å². The minimum absolute atomic E-state index is 0.240. The fraction of sp³-hybridized carbons (Fsp3) is 0.150. The number of carbonyl (C=O) groups is 1. The van der Waals surface area contributed by atoms with Gasteiger partial charge in [-0.05, 0) is 43.3 Å². The highest BCUT2D eigenvalue weighted by Gasteiger charge is 2.13. The number of hydrogen-bond donors (Lipinski definition) is 1. The monoisotopic (exact) mass is 348 g/mol. The Kier molecular flexibility index (Phi) is 5.43. The van der Waals surface area contributed by atoms with Gasteiger partial charge in [0, 0.05) is 12.2 Å². The second-order valence-corrected chi connectivity index (χ2v) is 5.51. The van der Waals surface area contributed by atoms with Crippen molar-refractivity contribution < 1.29 is 9.53 Å². The molecule has 1 aromatic heterocycles. The van der Waals surface area contributed by atoms with E-state index in [-0.39, 0.29) is 11.6 Å². The van der Waals surface area contributed by atoms with E-state index in [1.54, 1.807) is 31.4 Å². The minimum Gasteiger partial charge on any atom is -0.495 e. The van der Waals surface area contributed by atoms with Gasteiger partial charge < -0.3 is 15.0 Å². The van der Waals surface area contributed by atoms with E-state index in [9.17, 15) is 4.79 Å². The van der Waals surface area contributed by atoms with E-state index >= 15 is 0 Å². The molecule has 3 aromatic rings. The molecule has 0 atom stereocenters. The largest absolute Gasteiger partial charge is 0.495 e. The van der Waals surface area contributed by atoms with Gasteiger partial charge in [0.15, 0.2) is 11.5 Å². The number of benzene rings is 2. The molecule has 0 radical (unpaired) electrons. The molecule has 0 aliphatic heterocycles. The van der Waals surface area contributed by atoms with Crippen molar-refractivity contribution in [3.63, 3.8) is 0 Å². The van der Waals surface area contributed by atoms with Crippen molar-refractivity contribution in [2.24, 2.45) is 0 Å². The quantitative estimate of drug-likeness (QED) is 0.732. The van der Waals surface area contributed by atoms with Gasteiger partial charge in [-0.3, -0.25) is 4.79 Å². The number of carbonyl (C=O) groups excluding carboxylic acids is 1.